The summed E-state index contributed by atoms with van der Waals surface area (Å²) >= 11 is 1.41. The lowest BCUT2D eigenvalue weighted by Gasteiger charge is -2.26. The van der Waals surface area contributed by atoms with Gasteiger partial charge in [-0.25, -0.2) is 4.79 Å². The Morgan fingerprint density at radius 3 is 2.03 bits per heavy atom. The van der Waals surface area contributed by atoms with Crippen LogP contribution in [0.15, 0.2) is 4.99 Å². The maximum Gasteiger partial charge on any atom is 0.326 e. The van der Waals surface area contributed by atoms with Gasteiger partial charge in [-0.1, -0.05) is 0 Å². The Labute approximate surface area is 207 Å². The topological polar surface area (TPSA) is 278 Å². The van der Waals surface area contributed by atoms with E-state index in [0.29, 0.717) is 12.2 Å². The van der Waals surface area contributed by atoms with Crippen LogP contribution < -0.4 is 38.9 Å². The van der Waals surface area contributed by atoms with Crippen molar-refractivity contribution in [2.24, 2.45) is 27.9 Å². The molecule has 0 aromatic heterocycles. The van der Waals surface area contributed by atoms with Gasteiger partial charge < -0.3 is 49.1 Å². The van der Waals surface area contributed by atoms with Crippen LogP contribution in [0.25, 0.3) is 0 Å². The number of primary amides is 1. The smallest absolute Gasteiger partial charge is 0.326 e. The summed E-state index contributed by atoms with van der Waals surface area (Å²) in [6.07, 6.45) is 0.533. The first-order chi connectivity index (χ1) is 16.3. The van der Waals surface area contributed by atoms with Gasteiger partial charge >= 0.3 is 5.97 Å². The molecule has 0 aliphatic rings. The van der Waals surface area contributed by atoms with Crippen LogP contribution in [0.4, 0.5) is 0 Å². The average molecular weight is 521 g/mol. The second-order valence-electron chi connectivity index (χ2n) is 7.69. The number of nitrogens with zero attached hydrogens (tertiary/aromatic N) is 1. The number of hydrogen-bond donors (Lipinski definition) is 9. The lowest BCUT2D eigenvalue weighted by molar-refractivity contribution is -0.144. The first kappa shape index (κ1) is 31.9. The summed E-state index contributed by atoms with van der Waals surface area (Å²) in [6.45, 7) is 1.48. The van der Waals surface area contributed by atoms with Crippen LogP contribution >= 0.6 is 11.8 Å². The van der Waals surface area contributed by atoms with Crippen molar-refractivity contribution in [2.45, 2.75) is 62.9 Å². The number of carbonyl (C=O) groups excluding carboxylic acids is 4. The molecule has 0 aromatic rings. The molecule has 16 heteroatoms. The number of nitrogens with two attached hydrogens (primary N) is 4. The van der Waals surface area contributed by atoms with Crippen LogP contribution in [0.1, 0.15) is 32.6 Å². The fourth-order valence-corrected chi connectivity index (χ4v) is 3.23. The van der Waals surface area contributed by atoms with Gasteiger partial charge in [-0.2, -0.15) is 11.8 Å². The molecule has 0 saturated carbocycles. The lowest BCUT2D eigenvalue weighted by Crippen LogP contribution is -2.60. The number of aliphatic hydroxyl groups excluding tert-OH is 1. The quantitative estimate of drug-likeness (QED) is 0.0505. The maximum atomic E-state index is 12.9. The fraction of sp³-hybridized carbons (Fsp3) is 0.684. The van der Waals surface area contributed by atoms with Crippen LogP contribution in [0.2, 0.25) is 0 Å². The molecule has 5 unspecified atom stereocenters. The summed E-state index contributed by atoms with van der Waals surface area (Å²) in [5.74, 6) is -4.55. The van der Waals surface area contributed by atoms with Crippen molar-refractivity contribution >= 4 is 47.3 Å². The molecule has 200 valence electrons. The van der Waals surface area contributed by atoms with Crippen LogP contribution in [0.5, 0.6) is 0 Å². The SMILES string of the molecule is CSCCC(NC(=O)C(N)CCCN=C(N)N)C(=O)NC(C(=O)NC(CC(N)=O)C(=O)O)C(C)O. The standard InChI is InChI=1S/C19H36N8O7S/c1-9(28)14(17(32)26-12(18(33)34)8-13(21)29)27-16(31)11(5-7-35-2)25-15(30)10(20)4-3-6-24-19(22)23/h9-12,14,28H,3-8,20H2,1-2H3,(H2,21,29)(H,25,30)(H,26,32)(H,27,31)(H,33,34)(H4,22,23,24). The average Bonchev–Trinajstić information content (AvgIpc) is 2.75. The molecule has 0 rings (SSSR count). The number of aliphatic carboxylic acids is 1. The Morgan fingerprint density at radius 1 is 0.943 bits per heavy atom. The second-order valence-corrected chi connectivity index (χ2v) is 8.68. The number of aliphatic hydroxyl groups is 1. The molecule has 0 radical (unpaired) electrons. The number of amides is 4. The molecule has 13 N–H and O–H groups in total. The number of nitrogens with one attached hydrogen (secondary N) is 3. The van der Waals surface area contributed by atoms with Crippen molar-refractivity contribution in [1.29, 1.82) is 0 Å². The van der Waals surface area contributed by atoms with E-state index in [9.17, 15) is 29.1 Å². The Balaban J connectivity index is 5.30. The molecular formula is C19H36N8O7S. The summed E-state index contributed by atoms with van der Waals surface area (Å²) < 4.78 is 0. The zero-order valence-corrected chi connectivity index (χ0v) is 20.5. The zero-order valence-electron chi connectivity index (χ0n) is 19.7. The maximum absolute atomic E-state index is 12.9. The number of carboxylic acid groups (broad SMARTS) is 1. The van der Waals surface area contributed by atoms with E-state index in [1.54, 1.807) is 6.26 Å². The second kappa shape index (κ2) is 16.5. The molecule has 35 heavy (non-hydrogen) atoms. The predicted octanol–water partition coefficient (Wildman–Crippen LogP) is -4.08. The van der Waals surface area contributed by atoms with Gasteiger partial charge in [0.25, 0.3) is 0 Å². The third kappa shape index (κ3) is 13.4. The van der Waals surface area contributed by atoms with E-state index in [1.165, 1.54) is 18.7 Å². The molecule has 15 nitrogen and oxygen atoms in total. The first-order valence-corrected chi connectivity index (χ1v) is 12.1. The number of rotatable bonds is 17. The normalized spacial score (nSPS) is 15.0. The highest BCUT2D eigenvalue weighted by Crippen LogP contribution is 2.05. The molecule has 0 aliphatic carbocycles. The van der Waals surface area contributed by atoms with Gasteiger partial charge in [0, 0.05) is 6.54 Å². The van der Waals surface area contributed by atoms with Crippen molar-refractivity contribution in [3.05, 3.63) is 0 Å². The van der Waals surface area contributed by atoms with Gasteiger partial charge in [-0.15, -0.1) is 0 Å². The number of hydrogen-bond acceptors (Lipinski definition) is 9. The van der Waals surface area contributed by atoms with E-state index < -0.39 is 66.3 Å². The van der Waals surface area contributed by atoms with E-state index >= 15 is 0 Å². The first-order valence-electron chi connectivity index (χ1n) is 10.7. The highest BCUT2D eigenvalue weighted by molar-refractivity contribution is 7.98. The lowest BCUT2D eigenvalue weighted by atomic mass is 10.1. The third-order valence-corrected chi connectivity index (χ3v) is 5.27. The number of carbonyl (C=O) groups is 5. The van der Waals surface area contributed by atoms with Crippen LogP contribution in [0, 0.1) is 0 Å². The molecule has 0 saturated heterocycles. The highest BCUT2D eigenvalue weighted by atomic mass is 32.2. The van der Waals surface area contributed by atoms with E-state index in [4.69, 9.17) is 28.0 Å². The van der Waals surface area contributed by atoms with Gasteiger partial charge in [0.15, 0.2) is 5.96 Å². The van der Waals surface area contributed by atoms with Gasteiger partial charge in [0.1, 0.15) is 18.1 Å². The van der Waals surface area contributed by atoms with E-state index in [0.717, 1.165) is 0 Å². The minimum absolute atomic E-state index is 0.0853. The minimum atomic E-state index is -1.65. The summed E-state index contributed by atoms with van der Waals surface area (Å²) in [7, 11) is 0. The fourth-order valence-electron chi connectivity index (χ4n) is 2.76. The van der Waals surface area contributed by atoms with E-state index in [-0.39, 0.29) is 25.3 Å². The van der Waals surface area contributed by atoms with Crippen molar-refractivity contribution in [2.75, 3.05) is 18.6 Å². The summed E-state index contributed by atoms with van der Waals surface area (Å²) in [5.41, 5.74) is 21.3. The molecule has 0 bridgehead atoms. The Bertz CT molecular complexity index is 776. The van der Waals surface area contributed by atoms with Gasteiger partial charge in [0.05, 0.1) is 18.6 Å². The largest absolute Gasteiger partial charge is 0.480 e. The number of thioether (sulfide) groups is 1. The van der Waals surface area contributed by atoms with Gasteiger partial charge in [-0.05, 0) is 38.2 Å². The number of aliphatic imine (C=N–C) groups is 1. The monoisotopic (exact) mass is 520 g/mol. The molecule has 0 spiro atoms. The number of guanidine groups is 1. The van der Waals surface area contributed by atoms with Crippen molar-refractivity contribution in [1.82, 2.24) is 16.0 Å². The third-order valence-electron chi connectivity index (χ3n) is 4.63. The molecule has 0 fully saturated rings. The van der Waals surface area contributed by atoms with E-state index in [2.05, 4.69) is 20.9 Å². The molecule has 5 atom stereocenters. The zero-order chi connectivity index (χ0) is 27.1. The van der Waals surface area contributed by atoms with Gasteiger partial charge in [0.2, 0.25) is 23.6 Å². The summed E-state index contributed by atoms with van der Waals surface area (Å²) in [4.78, 5) is 64.0. The number of carboxylic acids is 1. The van der Waals surface area contributed by atoms with Crippen LogP contribution in [-0.4, -0.2) is 94.6 Å². The Morgan fingerprint density at radius 2 is 1.54 bits per heavy atom. The Hall–Kier alpha value is -3.11. The summed E-state index contributed by atoms with van der Waals surface area (Å²) in [5, 5.41) is 26.1. The predicted molar refractivity (Wildman–Crippen MR) is 130 cm³/mol. The van der Waals surface area contributed by atoms with Gasteiger partial charge in [-0.3, -0.25) is 24.2 Å². The molecule has 0 heterocycles. The molecular weight excluding hydrogens is 484 g/mol. The molecule has 4 amide bonds. The summed E-state index contributed by atoms with van der Waals surface area (Å²) in [6, 6.07) is -5.26. The Kier molecular flexibility index (Phi) is 15.0. The minimum Gasteiger partial charge on any atom is -0.480 e. The van der Waals surface area contributed by atoms with Crippen LogP contribution in [-0.2, 0) is 24.0 Å². The molecule has 0 aromatic carbocycles. The van der Waals surface area contributed by atoms with Crippen molar-refractivity contribution < 1.29 is 34.2 Å². The van der Waals surface area contributed by atoms with Crippen molar-refractivity contribution in [3.63, 3.8) is 0 Å². The van der Waals surface area contributed by atoms with Crippen LogP contribution in [0.3, 0.4) is 0 Å². The molecule has 0 aliphatic heterocycles. The van der Waals surface area contributed by atoms with E-state index in [1.807, 2.05) is 0 Å². The highest BCUT2D eigenvalue weighted by Gasteiger charge is 2.33. The van der Waals surface area contributed by atoms with Crippen molar-refractivity contribution in [3.8, 4) is 0 Å².